The second-order valence-corrected chi connectivity index (χ2v) is 6.67. The van der Waals surface area contributed by atoms with E-state index in [9.17, 15) is 0 Å². The number of morpholine rings is 1. The van der Waals surface area contributed by atoms with Crippen LogP contribution in [0.1, 0.15) is 24.8 Å². The largest absolute Gasteiger partial charge is 0.491 e. The van der Waals surface area contributed by atoms with E-state index in [1.165, 1.54) is 24.8 Å². The first-order valence-electron chi connectivity index (χ1n) is 9.12. The van der Waals surface area contributed by atoms with Gasteiger partial charge in [0, 0.05) is 37.8 Å². The van der Waals surface area contributed by atoms with Crippen molar-refractivity contribution < 1.29 is 14.2 Å². The average Bonchev–Trinajstić information content (AvgIpc) is 3.10. The molecule has 1 aromatic carbocycles. The molecule has 2 N–H and O–H groups in total. The molecular formula is C19H31ClN2O3. The summed E-state index contributed by atoms with van der Waals surface area (Å²) in [7, 11) is 1.69. The van der Waals surface area contributed by atoms with E-state index in [2.05, 4.69) is 22.8 Å². The first-order valence-corrected chi connectivity index (χ1v) is 9.12. The zero-order valence-corrected chi connectivity index (χ0v) is 15.9. The van der Waals surface area contributed by atoms with Crippen LogP contribution in [0.15, 0.2) is 24.3 Å². The van der Waals surface area contributed by atoms with E-state index in [1.807, 2.05) is 12.1 Å². The van der Waals surface area contributed by atoms with Crippen molar-refractivity contribution in [3.8, 4) is 5.75 Å². The lowest BCUT2D eigenvalue weighted by molar-refractivity contribution is 0.0524. The van der Waals surface area contributed by atoms with Gasteiger partial charge in [-0.05, 0) is 24.8 Å². The predicted octanol–water partition coefficient (Wildman–Crippen LogP) is 2.38. The van der Waals surface area contributed by atoms with Crippen LogP contribution in [-0.4, -0.2) is 52.2 Å². The highest BCUT2D eigenvalue weighted by Crippen LogP contribution is 2.30. The van der Waals surface area contributed by atoms with Crippen LogP contribution in [-0.2, 0) is 16.0 Å². The molecule has 0 amide bonds. The van der Waals surface area contributed by atoms with Gasteiger partial charge in [-0.15, -0.1) is 12.4 Å². The van der Waals surface area contributed by atoms with Crippen molar-refractivity contribution in [1.82, 2.24) is 10.6 Å². The normalized spacial score (nSPS) is 26.2. The SMILES string of the molecule is COCCOc1ccccc1CNC1CCCC1C1COCCN1.Cl. The number of nitrogens with one attached hydrogen (secondary N) is 2. The molecule has 6 heteroatoms. The van der Waals surface area contributed by atoms with Crippen molar-refractivity contribution in [2.45, 2.75) is 37.9 Å². The minimum atomic E-state index is 0. The number of para-hydroxylation sites is 1. The Balaban J connectivity index is 0.00000225. The van der Waals surface area contributed by atoms with Crippen molar-refractivity contribution in [3.05, 3.63) is 29.8 Å². The minimum Gasteiger partial charge on any atom is -0.491 e. The molecule has 0 radical (unpaired) electrons. The Kier molecular flexibility index (Phi) is 8.99. The number of hydrogen-bond donors (Lipinski definition) is 2. The number of rotatable bonds is 8. The van der Waals surface area contributed by atoms with Crippen molar-refractivity contribution in [1.29, 1.82) is 0 Å². The van der Waals surface area contributed by atoms with Crippen LogP contribution in [0.3, 0.4) is 0 Å². The Bertz CT molecular complexity index is 497. The van der Waals surface area contributed by atoms with Gasteiger partial charge in [-0.2, -0.15) is 0 Å². The van der Waals surface area contributed by atoms with Gasteiger partial charge < -0.3 is 24.8 Å². The molecule has 3 unspecified atom stereocenters. The Morgan fingerprint density at radius 3 is 2.92 bits per heavy atom. The van der Waals surface area contributed by atoms with Gasteiger partial charge in [0.05, 0.1) is 19.8 Å². The summed E-state index contributed by atoms with van der Waals surface area (Å²) < 4.78 is 16.6. The van der Waals surface area contributed by atoms with Gasteiger partial charge in [0.15, 0.2) is 0 Å². The highest BCUT2D eigenvalue weighted by molar-refractivity contribution is 5.85. The number of methoxy groups -OCH3 is 1. The fourth-order valence-electron chi connectivity index (χ4n) is 3.85. The highest BCUT2D eigenvalue weighted by Gasteiger charge is 2.34. The number of benzene rings is 1. The number of hydrogen-bond acceptors (Lipinski definition) is 5. The summed E-state index contributed by atoms with van der Waals surface area (Å²) >= 11 is 0. The van der Waals surface area contributed by atoms with E-state index in [0.29, 0.717) is 31.2 Å². The molecule has 25 heavy (non-hydrogen) atoms. The molecule has 3 rings (SSSR count). The quantitative estimate of drug-likeness (QED) is 0.688. The molecule has 1 saturated heterocycles. The van der Waals surface area contributed by atoms with Crippen molar-refractivity contribution >= 4 is 12.4 Å². The number of halogens is 1. The summed E-state index contributed by atoms with van der Waals surface area (Å²) in [5.41, 5.74) is 1.21. The van der Waals surface area contributed by atoms with Crippen LogP contribution in [0.2, 0.25) is 0 Å². The van der Waals surface area contributed by atoms with Crippen LogP contribution in [0, 0.1) is 5.92 Å². The minimum absolute atomic E-state index is 0. The lowest BCUT2D eigenvalue weighted by atomic mass is 9.94. The van der Waals surface area contributed by atoms with Gasteiger partial charge >= 0.3 is 0 Å². The Morgan fingerprint density at radius 2 is 2.12 bits per heavy atom. The first-order chi connectivity index (χ1) is 11.9. The van der Waals surface area contributed by atoms with Gasteiger partial charge in [0.2, 0.25) is 0 Å². The zero-order valence-electron chi connectivity index (χ0n) is 15.0. The maximum absolute atomic E-state index is 5.84. The Hall–Kier alpha value is -0.850. The molecular weight excluding hydrogens is 340 g/mol. The average molecular weight is 371 g/mol. The zero-order chi connectivity index (χ0) is 16.6. The lowest BCUT2D eigenvalue weighted by Crippen LogP contribution is -2.50. The van der Waals surface area contributed by atoms with Gasteiger partial charge in [-0.25, -0.2) is 0 Å². The maximum Gasteiger partial charge on any atom is 0.123 e. The third kappa shape index (κ3) is 5.83. The van der Waals surface area contributed by atoms with Crippen molar-refractivity contribution in [3.63, 3.8) is 0 Å². The van der Waals surface area contributed by atoms with E-state index in [1.54, 1.807) is 7.11 Å². The molecule has 0 spiro atoms. The molecule has 3 atom stereocenters. The molecule has 1 aliphatic carbocycles. The predicted molar refractivity (Wildman–Crippen MR) is 102 cm³/mol. The van der Waals surface area contributed by atoms with Crippen LogP contribution in [0.25, 0.3) is 0 Å². The summed E-state index contributed by atoms with van der Waals surface area (Å²) in [5, 5.41) is 7.40. The Morgan fingerprint density at radius 1 is 1.24 bits per heavy atom. The van der Waals surface area contributed by atoms with Crippen LogP contribution in [0.4, 0.5) is 0 Å². The Labute approximate surface area is 157 Å². The molecule has 2 fully saturated rings. The monoisotopic (exact) mass is 370 g/mol. The fraction of sp³-hybridized carbons (Fsp3) is 0.684. The fourth-order valence-corrected chi connectivity index (χ4v) is 3.85. The third-order valence-corrected chi connectivity index (χ3v) is 5.11. The molecule has 0 aromatic heterocycles. The molecule has 1 aliphatic heterocycles. The van der Waals surface area contributed by atoms with E-state index >= 15 is 0 Å². The molecule has 1 heterocycles. The summed E-state index contributed by atoms with van der Waals surface area (Å²) in [5.74, 6) is 1.61. The van der Waals surface area contributed by atoms with Crippen LogP contribution in [0.5, 0.6) is 5.75 Å². The summed E-state index contributed by atoms with van der Waals surface area (Å²) in [6, 6.07) is 9.31. The third-order valence-electron chi connectivity index (χ3n) is 5.11. The standard InChI is InChI=1S/C19H30N2O3.ClH/c1-22-11-12-24-19-8-3-2-5-15(19)13-21-17-7-4-6-16(17)18-14-23-10-9-20-18;/h2-3,5,8,16-18,20-21H,4,6-7,9-14H2,1H3;1H. The summed E-state index contributed by atoms with van der Waals surface area (Å²) in [4.78, 5) is 0. The van der Waals surface area contributed by atoms with E-state index in [0.717, 1.165) is 32.1 Å². The summed E-state index contributed by atoms with van der Waals surface area (Å²) in [6.45, 7) is 4.71. The second-order valence-electron chi connectivity index (χ2n) is 6.67. The van der Waals surface area contributed by atoms with E-state index < -0.39 is 0 Å². The highest BCUT2D eigenvalue weighted by atomic mass is 35.5. The lowest BCUT2D eigenvalue weighted by Gasteiger charge is -2.33. The molecule has 0 bridgehead atoms. The van der Waals surface area contributed by atoms with Crippen molar-refractivity contribution in [2.75, 3.05) is 40.1 Å². The topological polar surface area (TPSA) is 51.8 Å². The van der Waals surface area contributed by atoms with Crippen LogP contribution >= 0.6 is 12.4 Å². The number of ether oxygens (including phenoxy) is 3. The molecule has 1 aromatic rings. The van der Waals surface area contributed by atoms with Gasteiger partial charge in [-0.1, -0.05) is 24.6 Å². The second kappa shape index (κ2) is 11.0. The van der Waals surface area contributed by atoms with E-state index in [4.69, 9.17) is 14.2 Å². The van der Waals surface area contributed by atoms with E-state index in [-0.39, 0.29) is 12.4 Å². The van der Waals surface area contributed by atoms with Gasteiger partial charge in [-0.3, -0.25) is 0 Å². The first kappa shape index (κ1) is 20.5. The van der Waals surface area contributed by atoms with Gasteiger partial charge in [0.25, 0.3) is 0 Å². The van der Waals surface area contributed by atoms with Crippen LogP contribution < -0.4 is 15.4 Å². The summed E-state index contributed by atoms with van der Waals surface area (Å²) in [6.07, 6.45) is 3.83. The molecule has 1 saturated carbocycles. The molecule has 142 valence electrons. The smallest absolute Gasteiger partial charge is 0.123 e. The maximum atomic E-state index is 5.84. The van der Waals surface area contributed by atoms with Gasteiger partial charge in [0.1, 0.15) is 12.4 Å². The van der Waals surface area contributed by atoms with Crippen molar-refractivity contribution in [2.24, 2.45) is 5.92 Å². The molecule has 5 nitrogen and oxygen atoms in total. The molecule has 2 aliphatic rings.